The van der Waals surface area contributed by atoms with Gasteiger partial charge in [0.2, 0.25) is 0 Å². The molecule has 0 fully saturated rings. The van der Waals surface area contributed by atoms with Crippen molar-refractivity contribution < 1.29 is 5.11 Å². The van der Waals surface area contributed by atoms with Crippen LogP contribution in [0.4, 0.5) is 0 Å². The van der Waals surface area contributed by atoms with E-state index >= 15 is 0 Å². The monoisotopic (exact) mass is 353 g/mol. The summed E-state index contributed by atoms with van der Waals surface area (Å²) in [5, 5.41) is 12.8. The third-order valence-corrected chi connectivity index (χ3v) is 4.91. The fourth-order valence-corrected chi connectivity index (χ4v) is 3.37. The lowest BCUT2D eigenvalue weighted by molar-refractivity contribution is 0.422. The van der Waals surface area contributed by atoms with E-state index in [1.165, 1.54) is 0 Å². The number of phenols is 1. The van der Waals surface area contributed by atoms with E-state index in [0.717, 1.165) is 21.6 Å². The molecule has 2 nitrogen and oxygen atoms in total. The van der Waals surface area contributed by atoms with Gasteiger partial charge in [0, 0.05) is 4.88 Å². The normalized spacial score (nSPS) is 13.5. The van der Waals surface area contributed by atoms with Crippen LogP contribution in [-0.4, -0.2) is 5.11 Å². The molecule has 4 heteroatoms. The van der Waals surface area contributed by atoms with E-state index < -0.39 is 0 Å². The fourth-order valence-electron chi connectivity index (χ4n) is 2.61. The number of hydrogen-bond acceptors (Lipinski definition) is 3. The highest BCUT2D eigenvalue weighted by Gasteiger charge is 2.27. The Bertz CT molecular complexity index is 616. The van der Waals surface area contributed by atoms with Gasteiger partial charge < -0.3 is 10.8 Å². The third-order valence-electron chi connectivity index (χ3n) is 3.96. The van der Waals surface area contributed by atoms with Gasteiger partial charge in [-0.2, -0.15) is 0 Å². The van der Waals surface area contributed by atoms with E-state index in [-0.39, 0.29) is 29.3 Å². The van der Waals surface area contributed by atoms with Crippen LogP contribution in [0.1, 0.15) is 69.2 Å². The van der Waals surface area contributed by atoms with Crippen LogP contribution in [0, 0.1) is 0 Å². The Morgan fingerprint density at radius 1 is 1.00 bits per heavy atom. The fraction of sp³-hybridized carbons (Fsp3) is 0.474. The summed E-state index contributed by atoms with van der Waals surface area (Å²) < 4.78 is 0. The van der Waals surface area contributed by atoms with Crippen molar-refractivity contribution in [2.24, 2.45) is 5.73 Å². The van der Waals surface area contributed by atoms with Gasteiger partial charge in [-0.1, -0.05) is 47.6 Å². The van der Waals surface area contributed by atoms with Gasteiger partial charge in [0.05, 0.1) is 6.04 Å². The zero-order valence-electron chi connectivity index (χ0n) is 14.8. The van der Waals surface area contributed by atoms with Crippen molar-refractivity contribution in [2.45, 2.75) is 58.4 Å². The first kappa shape index (κ1) is 20.0. The van der Waals surface area contributed by atoms with E-state index in [9.17, 15) is 5.11 Å². The van der Waals surface area contributed by atoms with E-state index in [1.807, 2.05) is 11.4 Å². The third kappa shape index (κ3) is 4.28. The zero-order valence-corrected chi connectivity index (χ0v) is 16.4. The van der Waals surface area contributed by atoms with Crippen LogP contribution in [0.15, 0.2) is 29.6 Å². The van der Waals surface area contributed by atoms with Crippen LogP contribution in [-0.2, 0) is 10.8 Å². The first-order chi connectivity index (χ1) is 10.0. The van der Waals surface area contributed by atoms with Crippen LogP contribution >= 0.6 is 23.7 Å². The highest BCUT2D eigenvalue weighted by atomic mass is 35.5. The minimum Gasteiger partial charge on any atom is -0.507 e. The van der Waals surface area contributed by atoms with Crippen LogP contribution in [0.2, 0.25) is 0 Å². The molecule has 0 aliphatic rings. The van der Waals surface area contributed by atoms with Crippen molar-refractivity contribution >= 4 is 23.7 Å². The number of rotatable bonds is 2. The van der Waals surface area contributed by atoms with E-state index in [0.29, 0.717) is 5.75 Å². The summed E-state index contributed by atoms with van der Waals surface area (Å²) in [5.41, 5.74) is 9.19. The van der Waals surface area contributed by atoms with Gasteiger partial charge in [0.15, 0.2) is 0 Å². The number of nitrogens with two attached hydrogens (primary N) is 1. The average Bonchev–Trinajstić information content (AvgIpc) is 2.89. The maximum atomic E-state index is 10.8. The van der Waals surface area contributed by atoms with Gasteiger partial charge in [-0.25, -0.2) is 0 Å². The predicted molar refractivity (Wildman–Crippen MR) is 103 cm³/mol. The number of aromatic hydroxyl groups is 1. The predicted octanol–water partition coefficient (Wildman–Crippen LogP) is 5.52. The molecule has 1 aromatic carbocycles. The number of benzene rings is 1. The van der Waals surface area contributed by atoms with E-state index in [1.54, 1.807) is 11.3 Å². The Morgan fingerprint density at radius 3 is 1.83 bits per heavy atom. The second kappa shape index (κ2) is 6.84. The quantitative estimate of drug-likeness (QED) is 0.746. The minimum atomic E-state index is -0.150. The topological polar surface area (TPSA) is 46.2 Å². The Hall–Kier alpha value is -1.03. The molecule has 0 bridgehead atoms. The lowest BCUT2D eigenvalue weighted by atomic mass is 9.77. The average molecular weight is 354 g/mol. The second-order valence-electron chi connectivity index (χ2n) is 7.96. The molecule has 0 radical (unpaired) electrons. The first-order valence-electron chi connectivity index (χ1n) is 7.68. The summed E-state index contributed by atoms with van der Waals surface area (Å²) in [6, 6.07) is 8.07. The maximum Gasteiger partial charge on any atom is 0.123 e. The minimum absolute atomic E-state index is 0. The number of thiophene rings is 1. The van der Waals surface area contributed by atoms with Crippen molar-refractivity contribution in [3.05, 3.63) is 51.2 Å². The molecule has 0 aliphatic carbocycles. The van der Waals surface area contributed by atoms with Gasteiger partial charge in [0.1, 0.15) is 5.75 Å². The van der Waals surface area contributed by atoms with Crippen molar-refractivity contribution in [1.29, 1.82) is 0 Å². The van der Waals surface area contributed by atoms with Gasteiger partial charge in [-0.3, -0.25) is 0 Å². The Morgan fingerprint density at radius 2 is 1.48 bits per heavy atom. The Kier molecular flexibility index (Phi) is 5.95. The molecule has 3 N–H and O–H groups in total. The second-order valence-corrected chi connectivity index (χ2v) is 8.94. The summed E-state index contributed by atoms with van der Waals surface area (Å²) in [7, 11) is 0. The number of phenolic OH excluding ortho intramolecular Hbond substituents is 1. The summed E-state index contributed by atoms with van der Waals surface area (Å²) in [4.78, 5) is 1.14. The Labute approximate surface area is 150 Å². The molecule has 2 aromatic rings. The molecule has 2 rings (SSSR count). The van der Waals surface area contributed by atoms with Gasteiger partial charge in [-0.15, -0.1) is 23.7 Å². The zero-order chi connectivity index (χ0) is 16.7. The molecular formula is C19H28ClNOS. The maximum absolute atomic E-state index is 10.8. The van der Waals surface area contributed by atoms with Gasteiger partial charge >= 0.3 is 0 Å². The van der Waals surface area contributed by atoms with E-state index in [2.05, 4.69) is 59.7 Å². The smallest absolute Gasteiger partial charge is 0.123 e. The van der Waals surface area contributed by atoms with Crippen molar-refractivity contribution in [2.75, 3.05) is 0 Å². The molecule has 128 valence electrons. The molecule has 0 amide bonds. The molecular weight excluding hydrogens is 326 g/mol. The summed E-state index contributed by atoms with van der Waals surface area (Å²) in [6.07, 6.45) is 0. The summed E-state index contributed by atoms with van der Waals surface area (Å²) in [6.45, 7) is 12.7. The molecule has 0 saturated heterocycles. The molecule has 23 heavy (non-hydrogen) atoms. The molecule has 1 atom stereocenters. The largest absolute Gasteiger partial charge is 0.507 e. The molecule has 0 aliphatic heterocycles. The Balaban J connectivity index is 0.00000264. The SMILES string of the molecule is CC(C)(C)c1cc([C@@H](N)c2cccs2)cc(C(C)(C)C)c1O.Cl. The standard InChI is InChI=1S/C19H27NOS.ClH/c1-18(2,3)13-10-12(16(20)15-8-7-9-22-15)11-14(17(13)21)19(4,5)6;/h7-11,16,21H,20H2,1-6H3;1H/t16-;/m1./s1. The molecule has 0 spiro atoms. The van der Waals surface area contributed by atoms with Gasteiger partial charge in [-0.05, 0) is 51.1 Å². The lowest BCUT2D eigenvalue weighted by Gasteiger charge is -2.29. The first-order valence-corrected chi connectivity index (χ1v) is 8.56. The molecule has 1 heterocycles. The van der Waals surface area contributed by atoms with E-state index in [4.69, 9.17) is 5.73 Å². The number of hydrogen-bond donors (Lipinski definition) is 2. The van der Waals surface area contributed by atoms with Crippen LogP contribution in [0.5, 0.6) is 5.75 Å². The highest BCUT2D eigenvalue weighted by molar-refractivity contribution is 7.10. The van der Waals surface area contributed by atoms with Gasteiger partial charge in [0.25, 0.3) is 0 Å². The molecule has 0 saturated carbocycles. The highest BCUT2D eigenvalue weighted by Crippen LogP contribution is 2.41. The van der Waals surface area contributed by atoms with Crippen molar-refractivity contribution in [1.82, 2.24) is 0 Å². The van der Waals surface area contributed by atoms with Crippen LogP contribution in [0.3, 0.4) is 0 Å². The summed E-state index contributed by atoms with van der Waals surface area (Å²) in [5.74, 6) is 0.405. The summed E-state index contributed by atoms with van der Waals surface area (Å²) >= 11 is 1.67. The van der Waals surface area contributed by atoms with Crippen molar-refractivity contribution in [3.63, 3.8) is 0 Å². The lowest BCUT2D eigenvalue weighted by Crippen LogP contribution is -2.20. The number of halogens is 1. The molecule has 0 unspecified atom stereocenters. The molecule has 1 aromatic heterocycles. The van der Waals surface area contributed by atoms with Crippen molar-refractivity contribution in [3.8, 4) is 5.75 Å². The van der Waals surface area contributed by atoms with Crippen LogP contribution < -0.4 is 5.73 Å². The van der Waals surface area contributed by atoms with Crippen LogP contribution in [0.25, 0.3) is 0 Å².